The van der Waals surface area contributed by atoms with Crippen molar-refractivity contribution in [2.45, 2.75) is 56.9 Å². The lowest BCUT2D eigenvalue weighted by atomic mass is 9.87. The zero-order chi connectivity index (χ0) is 40.8. The van der Waals surface area contributed by atoms with Gasteiger partial charge in [-0.3, -0.25) is 33.7 Å². The highest BCUT2D eigenvalue weighted by Gasteiger charge is 2.32. The first kappa shape index (κ1) is 38.8. The molecular weight excluding hydrogens is 776 g/mol. The van der Waals surface area contributed by atoms with E-state index in [0.29, 0.717) is 77.0 Å². The van der Waals surface area contributed by atoms with Gasteiger partial charge in [0.15, 0.2) is 18.2 Å². The van der Waals surface area contributed by atoms with E-state index in [1.807, 2.05) is 23.9 Å². The van der Waals surface area contributed by atoms with E-state index in [0.717, 1.165) is 75.0 Å². The Kier molecular flexibility index (Phi) is 10.6. The van der Waals surface area contributed by atoms with Crippen LogP contribution in [0.1, 0.15) is 61.6 Å². The second-order valence-electron chi connectivity index (χ2n) is 16.0. The Hall–Kier alpha value is -5.74. The summed E-state index contributed by atoms with van der Waals surface area (Å²) in [6.45, 7) is 5.28. The first-order chi connectivity index (χ1) is 28.6. The van der Waals surface area contributed by atoms with E-state index in [4.69, 9.17) is 31.2 Å². The summed E-state index contributed by atoms with van der Waals surface area (Å²) in [5, 5.41) is 15.1. The van der Waals surface area contributed by atoms with Crippen molar-refractivity contribution >= 4 is 68.6 Å². The molecule has 0 saturated carbocycles. The number of imide groups is 1. The van der Waals surface area contributed by atoms with Gasteiger partial charge in [0.2, 0.25) is 17.8 Å². The SMILES string of the molecule is CNC(=O)COc1cc2cc(Nc3nc(N4CCC(CN5CCC(c6ccc7c(C8CCC(=O)NC8=O)nn(C)c7c6)CC5)CC4)ncc3Cl)cc3c2n(c1=O)CCO3. The van der Waals surface area contributed by atoms with Crippen LogP contribution >= 0.6 is 11.6 Å². The number of amides is 3. The first-order valence-corrected chi connectivity index (χ1v) is 20.7. The maximum atomic E-state index is 13.2. The van der Waals surface area contributed by atoms with Crippen LogP contribution < -0.4 is 35.9 Å². The average molecular weight is 823 g/mol. The normalized spacial score (nSPS) is 19.2. The maximum Gasteiger partial charge on any atom is 0.293 e. The first-order valence-electron chi connectivity index (χ1n) is 20.4. The standard InChI is InChI=1S/C42H47ClN10O6/c1-44-36(55)23-59-34-19-27-17-28(20-33-38(27)53(41(34)57)15-16-58-33)46-39-31(43)21-45-42(48-39)52-13-7-24(8-14-52)22-51-11-9-25(10-12-51)26-3-4-29-32(18-26)50(2)49-37(29)30-5-6-35(54)47-40(30)56/h3-4,17-21,24-25,30H,5-16,22-23H2,1-2H3,(H,44,55)(H,45,46,48)(H,47,54,56). The molecule has 5 aromatic rings. The Morgan fingerprint density at radius 2 is 1.83 bits per heavy atom. The minimum absolute atomic E-state index is 0.0879. The fourth-order valence-corrected chi connectivity index (χ4v) is 9.20. The van der Waals surface area contributed by atoms with Gasteiger partial charge in [-0.1, -0.05) is 23.7 Å². The molecule has 1 atom stereocenters. The van der Waals surface area contributed by atoms with E-state index in [-0.39, 0.29) is 35.6 Å². The molecule has 3 amide bonds. The minimum atomic E-state index is -0.403. The van der Waals surface area contributed by atoms with Crippen molar-refractivity contribution < 1.29 is 23.9 Å². The average Bonchev–Trinajstić information content (AvgIpc) is 3.57. The Bertz CT molecular complexity index is 2520. The Morgan fingerprint density at radius 3 is 2.61 bits per heavy atom. The van der Waals surface area contributed by atoms with Crippen LogP contribution in [-0.4, -0.2) is 99.9 Å². The Morgan fingerprint density at radius 1 is 1.02 bits per heavy atom. The quantitative estimate of drug-likeness (QED) is 0.171. The van der Waals surface area contributed by atoms with Gasteiger partial charge < -0.3 is 29.9 Å². The number of nitrogens with zero attached hydrogens (tertiary/aromatic N) is 7. The molecule has 2 aromatic carbocycles. The van der Waals surface area contributed by atoms with Crippen LogP contribution in [0.2, 0.25) is 5.02 Å². The highest BCUT2D eigenvalue weighted by atomic mass is 35.5. The summed E-state index contributed by atoms with van der Waals surface area (Å²) in [4.78, 5) is 63.5. The third-order valence-electron chi connectivity index (χ3n) is 12.3. The monoisotopic (exact) mass is 822 g/mol. The summed E-state index contributed by atoms with van der Waals surface area (Å²) in [5.74, 6) is 1.56. The molecule has 0 aliphatic carbocycles. The number of pyridine rings is 1. The van der Waals surface area contributed by atoms with Crippen LogP contribution in [0.4, 0.5) is 17.5 Å². The van der Waals surface area contributed by atoms with Crippen molar-refractivity contribution in [3.8, 4) is 11.5 Å². The zero-order valence-electron chi connectivity index (χ0n) is 33.1. The van der Waals surface area contributed by atoms with Gasteiger partial charge >= 0.3 is 0 Å². The molecule has 308 valence electrons. The van der Waals surface area contributed by atoms with Crippen molar-refractivity contribution in [3.63, 3.8) is 0 Å². The molecule has 0 bridgehead atoms. The van der Waals surface area contributed by atoms with Crippen LogP contribution in [0.25, 0.3) is 21.8 Å². The number of fused-ring (bicyclic) bond motifs is 1. The van der Waals surface area contributed by atoms with Crippen LogP contribution in [0.3, 0.4) is 0 Å². The number of rotatable bonds is 10. The van der Waals surface area contributed by atoms with Crippen molar-refractivity contribution in [2.24, 2.45) is 13.0 Å². The zero-order valence-corrected chi connectivity index (χ0v) is 33.9. The van der Waals surface area contributed by atoms with E-state index in [1.165, 1.54) is 12.6 Å². The molecule has 3 saturated heterocycles. The highest BCUT2D eigenvalue weighted by Crippen LogP contribution is 2.37. The number of hydrogen-bond donors (Lipinski definition) is 3. The third-order valence-corrected chi connectivity index (χ3v) is 12.5. The minimum Gasteiger partial charge on any atom is -0.489 e. The summed E-state index contributed by atoms with van der Waals surface area (Å²) in [6, 6.07) is 11.9. The highest BCUT2D eigenvalue weighted by molar-refractivity contribution is 6.33. The number of aromatic nitrogens is 5. The second kappa shape index (κ2) is 16.1. The number of likely N-dealkylation sites (N-methyl/N-ethyl adjacent to an activating group) is 1. The number of hydrogen-bond acceptors (Lipinski definition) is 12. The van der Waals surface area contributed by atoms with Crippen LogP contribution in [-0.2, 0) is 28.0 Å². The summed E-state index contributed by atoms with van der Waals surface area (Å²) in [5.41, 5.74) is 4.10. The predicted octanol–water partition coefficient (Wildman–Crippen LogP) is 4.21. The molecule has 3 N–H and O–H groups in total. The summed E-state index contributed by atoms with van der Waals surface area (Å²) >= 11 is 6.62. The lowest BCUT2D eigenvalue weighted by Crippen LogP contribution is -2.41. The summed E-state index contributed by atoms with van der Waals surface area (Å²) < 4.78 is 15.0. The lowest BCUT2D eigenvalue weighted by Gasteiger charge is -2.38. The molecule has 3 fully saturated rings. The molecule has 16 nitrogen and oxygen atoms in total. The number of carbonyl (C=O) groups is 3. The molecule has 3 aromatic heterocycles. The van der Waals surface area contributed by atoms with Crippen LogP contribution in [0, 0.1) is 5.92 Å². The third kappa shape index (κ3) is 7.78. The van der Waals surface area contributed by atoms with Gasteiger partial charge in [-0.2, -0.15) is 10.1 Å². The van der Waals surface area contributed by atoms with Crippen LogP contribution in [0.15, 0.2) is 47.4 Å². The molecule has 0 radical (unpaired) electrons. The van der Waals surface area contributed by atoms with Crippen molar-refractivity contribution in [2.75, 3.05) is 63.2 Å². The molecule has 4 aliphatic rings. The molecular formula is C42H47ClN10O6. The van der Waals surface area contributed by atoms with E-state index in [2.05, 4.69) is 48.9 Å². The van der Waals surface area contributed by atoms with Gasteiger partial charge in [-0.05, 0) is 80.8 Å². The number of aryl methyl sites for hydroxylation is 1. The number of anilines is 3. The molecule has 7 heterocycles. The van der Waals surface area contributed by atoms with Gasteiger partial charge in [0.25, 0.3) is 11.5 Å². The fraction of sp³-hybridized carbons (Fsp3) is 0.452. The summed E-state index contributed by atoms with van der Waals surface area (Å²) in [6.07, 6.45) is 6.71. The Labute approximate surface area is 345 Å². The molecule has 1 unspecified atom stereocenters. The fourth-order valence-electron chi connectivity index (χ4n) is 9.06. The molecule has 0 spiro atoms. The van der Waals surface area contributed by atoms with Gasteiger partial charge in [-0.25, -0.2) is 4.98 Å². The second-order valence-corrected chi connectivity index (χ2v) is 16.4. The molecule has 9 rings (SSSR count). The number of likely N-dealkylation sites (tertiary alicyclic amines) is 1. The molecule has 4 aliphatic heterocycles. The van der Waals surface area contributed by atoms with Crippen LogP contribution in [0.5, 0.6) is 11.5 Å². The van der Waals surface area contributed by atoms with Gasteiger partial charge in [0.05, 0.1) is 35.4 Å². The van der Waals surface area contributed by atoms with Crippen molar-refractivity contribution in [1.29, 1.82) is 0 Å². The predicted molar refractivity (Wildman–Crippen MR) is 223 cm³/mol. The number of ether oxygens (including phenoxy) is 2. The van der Waals surface area contributed by atoms with Gasteiger partial charge in [-0.15, -0.1) is 0 Å². The van der Waals surface area contributed by atoms with Crippen molar-refractivity contribution in [3.05, 3.63) is 69.2 Å². The van der Waals surface area contributed by atoms with E-state index < -0.39 is 5.92 Å². The number of carbonyl (C=O) groups excluding carboxylic acids is 3. The van der Waals surface area contributed by atoms with E-state index in [9.17, 15) is 19.2 Å². The summed E-state index contributed by atoms with van der Waals surface area (Å²) in [7, 11) is 3.44. The van der Waals surface area contributed by atoms with Crippen molar-refractivity contribution in [1.82, 2.24) is 39.8 Å². The maximum absolute atomic E-state index is 13.2. The number of piperidine rings is 3. The number of benzene rings is 2. The van der Waals surface area contributed by atoms with Gasteiger partial charge in [0.1, 0.15) is 17.4 Å². The van der Waals surface area contributed by atoms with E-state index >= 15 is 0 Å². The molecule has 59 heavy (non-hydrogen) atoms. The topological polar surface area (TPSA) is 178 Å². The molecule has 17 heteroatoms. The largest absolute Gasteiger partial charge is 0.489 e. The number of halogens is 1. The van der Waals surface area contributed by atoms with Gasteiger partial charge in [0, 0.05) is 62.7 Å². The lowest BCUT2D eigenvalue weighted by molar-refractivity contribution is -0.134. The number of nitrogens with one attached hydrogen (secondary N) is 3. The Balaban J connectivity index is 0.805. The van der Waals surface area contributed by atoms with E-state index in [1.54, 1.807) is 16.8 Å². The smallest absolute Gasteiger partial charge is 0.293 e.